The number of aromatic carboxylic acids is 1. The van der Waals surface area contributed by atoms with Crippen molar-refractivity contribution in [2.45, 2.75) is 64.7 Å². The monoisotopic (exact) mass is 264 g/mol. The molecule has 0 aliphatic rings. The highest BCUT2D eigenvalue weighted by molar-refractivity contribution is 5.87. The molecule has 4 heteroatoms. The number of carbonyl (C=O) groups is 1. The summed E-state index contributed by atoms with van der Waals surface area (Å²) in [6.45, 7) is 4.32. The Morgan fingerprint density at radius 2 is 2.00 bits per heavy atom. The second-order valence-electron chi connectivity index (χ2n) is 4.97. The molecule has 1 N–H and O–H groups in total. The van der Waals surface area contributed by atoms with Crippen molar-refractivity contribution >= 4 is 5.97 Å². The molecule has 0 aliphatic heterocycles. The van der Waals surface area contributed by atoms with Crippen LogP contribution in [0.15, 0.2) is 12.5 Å². The molecule has 1 atom stereocenters. The van der Waals surface area contributed by atoms with E-state index >= 15 is 0 Å². The highest BCUT2D eigenvalue weighted by Gasteiger charge is 2.19. The molecule has 0 radical (unpaired) electrons. The third-order valence-corrected chi connectivity index (χ3v) is 3.43. The first kappa shape index (κ1) is 15.6. The summed E-state index contributed by atoms with van der Waals surface area (Å²) >= 11 is 0. The molecule has 0 aromatic carbocycles. The minimum absolute atomic E-state index is 0.170. The average Bonchev–Trinajstić information content (AvgIpc) is 2.42. The van der Waals surface area contributed by atoms with Crippen molar-refractivity contribution in [2.24, 2.45) is 0 Å². The van der Waals surface area contributed by atoms with Gasteiger partial charge in [-0.05, 0) is 18.8 Å². The van der Waals surface area contributed by atoms with Gasteiger partial charge >= 0.3 is 5.97 Å². The first-order chi connectivity index (χ1) is 9.20. The maximum atomic E-state index is 11.2. The first-order valence-electron chi connectivity index (χ1n) is 7.23. The van der Waals surface area contributed by atoms with Gasteiger partial charge in [0.15, 0.2) is 5.69 Å². The van der Waals surface area contributed by atoms with E-state index in [1.54, 1.807) is 6.20 Å². The number of carboxylic acids is 1. The van der Waals surface area contributed by atoms with Crippen LogP contribution in [0, 0.1) is 0 Å². The van der Waals surface area contributed by atoms with Gasteiger partial charge in [-0.2, -0.15) is 0 Å². The van der Waals surface area contributed by atoms with Crippen molar-refractivity contribution < 1.29 is 9.90 Å². The minimum Gasteiger partial charge on any atom is -0.477 e. The Labute approximate surface area is 115 Å². The maximum absolute atomic E-state index is 11.2. The highest BCUT2D eigenvalue weighted by Crippen LogP contribution is 2.28. The van der Waals surface area contributed by atoms with E-state index in [9.17, 15) is 9.90 Å². The van der Waals surface area contributed by atoms with Crippen LogP contribution in [0.5, 0.6) is 0 Å². The standard InChI is InChI=1S/C15H24N2O2/c1-3-5-6-7-9-12(8-4-2)13-10-16-11-17-14(13)15(18)19/h10-12H,3-9H2,1-2H3,(H,18,19). The molecule has 1 unspecified atom stereocenters. The predicted octanol–water partition coefficient (Wildman–Crippen LogP) is 4.03. The molecular formula is C15H24N2O2. The summed E-state index contributed by atoms with van der Waals surface area (Å²) in [7, 11) is 0. The number of carboxylic acid groups (broad SMARTS) is 1. The van der Waals surface area contributed by atoms with Crippen molar-refractivity contribution in [2.75, 3.05) is 0 Å². The summed E-state index contributed by atoms with van der Waals surface area (Å²) in [5.74, 6) is -0.679. The van der Waals surface area contributed by atoms with Gasteiger partial charge < -0.3 is 5.11 Å². The van der Waals surface area contributed by atoms with Crippen molar-refractivity contribution in [3.05, 3.63) is 23.8 Å². The summed E-state index contributed by atoms with van der Waals surface area (Å²) in [5, 5.41) is 9.20. The van der Waals surface area contributed by atoms with Crippen LogP contribution in [0.2, 0.25) is 0 Å². The summed E-state index contributed by atoms with van der Waals surface area (Å²) in [4.78, 5) is 19.1. The number of rotatable bonds is 9. The molecule has 1 aromatic heterocycles. The van der Waals surface area contributed by atoms with E-state index in [4.69, 9.17) is 0 Å². The van der Waals surface area contributed by atoms with Gasteiger partial charge in [-0.15, -0.1) is 0 Å². The Bertz CT molecular complexity index is 393. The Balaban J connectivity index is 2.77. The lowest BCUT2D eigenvalue weighted by molar-refractivity contribution is 0.0688. The van der Waals surface area contributed by atoms with Crippen LogP contribution in [-0.4, -0.2) is 21.0 Å². The molecule has 0 spiro atoms. The fourth-order valence-corrected chi connectivity index (χ4v) is 2.44. The lowest BCUT2D eigenvalue weighted by Gasteiger charge is -2.17. The van der Waals surface area contributed by atoms with Gasteiger partial charge in [0.25, 0.3) is 0 Å². The smallest absolute Gasteiger partial charge is 0.354 e. The van der Waals surface area contributed by atoms with E-state index in [0.29, 0.717) is 0 Å². The van der Waals surface area contributed by atoms with E-state index < -0.39 is 5.97 Å². The predicted molar refractivity (Wildman–Crippen MR) is 75.4 cm³/mol. The van der Waals surface area contributed by atoms with Gasteiger partial charge in [0.2, 0.25) is 0 Å². The van der Waals surface area contributed by atoms with Crippen molar-refractivity contribution in [3.8, 4) is 0 Å². The Morgan fingerprint density at radius 1 is 1.21 bits per heavy atom. The lowest BCUT2D eigenvalue weighted by Crippen LogP contribution is -2.10. The number of hydrogen-bond acceptors (Lipinski definition) is 3. The van der Waals surface area contributed by atoms with Crippen LogP contribution in [0.25, 0.3) is 0 Å². The molecular weight excluding hydrogens is 240 g/mol. The topological polar surface area (TPSA) is 63.1 Å². The molecule has 0 bridgehead atoms. The van der Waals surface area contributed by atoms with Gasteiger partial charge in [-0.25, -0.2) is 14.8 Å². The largest absolute Gasteiger partial charge is 0.477 e. The van der Waals surface area contributed by atoms with E-state index in [0.717, 1.165) is 31.2 Å². The first-order valence-corrected chi connectivity index (χ1v) is 7.23. The van der Waals surface area contributed by atoms with E-state index in [2.05, 4.69) is 23.8 Å². The molecule has 0 amide bonds. The summed E-state index contributed by atoms with van der Waals surface area (Å²) in [5.41, 5.74) is 0.970. The summed E-state index contributed by atoms with van der Waals surface area (Å²) in [6.07, 6.45) is 10.9. The Hall–Kier alpha value is -1.45. The van der Waals surface area contributed by atoms with Crippen molar-refractivity contribution in [3.63, 3.8) is 0 Å². The van der Waals surface area contributed by atoms with Gasteiger partial charge in [-0.3, -0.25) is 0 Å². The highest BCUT2D eigenvalue weighted by atomic mass is 16.4. The molecule has 0 saturated carbocycles. The third-order valence-electron chi connectivity index (χ3n) is 3.43. The molecule has 0 saturated heterocycles. The molecule has 19 heavy (non-hydrogen) atoms. The number of hydrogen-bond donors (Lipinski definition) is 1. The van der Waals surface area contributed by atoms with Gasteiger partial charge in [-0.1, -0.05) is 46.0 Å². The summed E-state index contributed by atoms with van der Waals surface area (Å²) in [6, 6.07) is 0. The zero-order valence-electron chi connectivity index (χ0n) is 11.9. The van der Waals surface area contributed by atoms with Gasteiger partial charge in [0.05, 0.1) is 0 Å². The summed E-state index contributed by atoms with van der Waals surface area (Å²) < 4.78 is 0. The van der Waals surface area contributed by atoms with Crippen LogP contribution in [0.3, 0.4) is 0 Å². The van der Waals surface area contributed by atoms with Gasteiger partial charge in [0.1, 0.15) is 6.33 Å². The fourth-order valence-electron chi connectivity index (χ4n) is 2.44. The van der Waals surface area contributed by atoms with Crippen LogP contribution in [0.4, 0.5) is 0 Å². The second-order valence-corrected chi connectivity index (χ2v) is 4.97. The van der Waals surface area contributed by atoms with Gasteiger partial charge in [0, 0.05) is 11.8 Å². The molecule has 4 nitrogen and oxygen atoms in total. The second kappa shape index (κ2) is 8.62. The molecule has 1 aromatic rings. The lowest BCUT2D eigenvalue weighted by atomic mass is 9.89. The fraction of sp³-hybridized carbons (Fsp3) is 0.667. The quantitative estimate of drug-likeness (QED) is 0.684. The van der Waals surface area contributed by atoms with E-state index in [-0.39, 0.29) is 11.6 Å². The van der Waals surface area contributed by atoms with Crippen LogP contribution >= 0.6 is 0 Å². The Morgan fingerprint density at radius 3 is 2.63 bits per heavy atom. The van der Waals surface area contributed by atoms with Crippen LogP contribution in [-0.2, 0) is 0 Å². The molecule has 1 heterocycles. The van der Waals surface area contributed by atoms with Crippen molar-refractivity contribution in [1.82, 2.24) is 9.97 Å². The zero-order chi connectivity index (χ0) is 14.1. The third kappa shape index (κ3) is 4.97. The maximum Gasteiger partial charge on any atom is 0.354 e. The normalized spacial score (nSPS) is 12.3. The van der Waals surface area contributed by atoms with E-state index in [1.807, 2.05) is 0 Å². The molecule has 0 fully saturated rings. The average molecular weight is 264 g/mol. The Kier molecular flexibility index (Phi) is 7.08. The number of unbranched alkanes of at least 4 members (excludes halogenated alkanes) is 3. The molecule has 0 aliphatic carbocycles. The minimum atomic E-state index is -0.952. The molecule has 106 valence electrons. The van der Waals surface area contributed by atoms with Crippen LogP contribution < -0.4 is 0 Å². The zero-order valence-corrected chi connectivity index (χ0v) is 11.9. The molecule has 1 rings (SSSR count). The van der Waals surface area contributed by atoms with E-state index in [1.165, 1.54) is 25.6 Å². The van der Waals surface area contributed by atoms with Crippen molar-refractivity contribution in [1.29, 1.82) is 0 Å². The van der Waals surface area contributed by atoms with Crippen LogP contribution in [0.1, 0.15) is 80.8 Å². The number of aromatic nitrogens is 2. The number of nitrogens with zero attached hydrogens (tertiary/aromatic N) is 2. The SMILES string of the molecule is CCCCCCC(CCC)c1cncnc1C(=O)O.